The van der Waals surface area contributed by atoms with Crippen molar-refractivity contribution in [3.63, 3.8) is 0 Å². The zero-order valence-electron chi connectivity index (χ0n) is 8.94. The maximum atomic E-state index is 13.1. The molecule has 0 amide bonds. The Balaban J connectivity index is 2.26. The molecular formula is C11H12ClFO3S. The lowest BCUT2D eigenvalue weighted by Gasteiger charge is -2.18. The molecule has 0 radical (unpaired) electrons. The smallest absolute Gasteiger partial charge is 0.150 e. The molecule has 2 unspecified atom stereocenters. The average molecular weight is 279 g/mol. The molecule has 0 bridgehead atoms. The molecule has 2 rings (SSSR count). The number of aliphatic hydroxyl groups excluding tert-OH is 1. The number of benzene rings is 1. The van der Waals surface area contributed by atoms with Crippen LogP contribution in [-0.2, 0) is 9.84 Å². The fraction of sp³-hybridized carbons (Fsp3) is 0.455. The van der Waals surface area contributed by atoms with E-state index < -0.39 is 27.7 Å². The summed E-state index contributed by atoms with van der Waals surface area (Å²) < 4.78 is 35.7. The van der Waals surface area contributed by atoms with Gasteiger partial charge in [-0.2, -0.15) is 0 Å². The van der Waals surface area contributed by atoms with Crippen LogP contribution in [0.4, 0.5) is 4.39 Å². The van der Waals surface area contributed by atoms with Crippen molar-refractivity contribution in [2.24, 2.45) is 5.92 Å². The summed E-state index contributed by atoms with van der Waals surface area (Å²) >= 11 is 5.86. The number of hydrogen-bond donors (Lipinski definition) is 1. The monoisotopic (exact) mass is 278 g/mol. The van der Waals surface area contributed by atoms with E-state index in [1.54, 1.807) is 0 Å². The van der Waals surface area contributed by atoms with Crippen molar-refractivity contribution < 1.29 is 17.9 Å². The lowest BCUT2D eigenvalue weighted by atomic mass is 9.95. The van der Waals surface area contributed by atoms with Crippen molar-refractivity contribution in [2.75, 3.05) is 11.5 Å². The van der Waals surface area contributed by atoms with Gasteiger partial charge in [0.1, 0.15) is 5.82 Å². The molecule has 1 aromatic carbocycles. The molecule has 94 valence electrons. The molecule has 0 aromatic heterocycles. The second-order valence-corrected chi connectivity index (χ2v) is 6.91. The summed E-state index contributed by atoms with van der Waals surface area (Å²) in [4.78, 5) is 0. The van der Waals surface area contributed by atoms with E-state index in [4.69, 9.17) is 11.6 Å². The third-order valence-electron chi connectivity index (χ3n) is 2.99. The summed E-state index contributed by atoms with van der Waals surface area (Å²) in [5.74, 6) is -0.897. The summed E-state index contributed by atoms with van der Waals surface area (Å²) in [7, 11) is -3.07. The van der Waals surface area contributed by atoms with Crippen LogP contribution in [0.1, 0.15) is 18.1 Å². The molecule has 1 heterocycles. The third-order valence-corrected chi connectivity index (χ3v) is 5.13. The van der Waals surface area contributed by atoms with Gasteiger partial charge in [-0.25, -0.2) is 12.8 Å². The van der Waals surface area contributed by atoms with Gasteiger partial charge < -0.3 is 5.11 Å². The van der Waals surface area contributed by atoms with E-state index >= 15 is 0 Å². The summed E-state index contributed by atoms with van der Waals surface area (Å²) in [5, 5.41) is 10.3. The highest BCUT2D eigenvalue weighted by atomic mass is 35.5. The van der Waals surface area contributed by atoms with E-state index in [0.717, 1.165) is 6.07 Å². The van der Waals surface area contributed by atoms with Crippen molar-refractivity contribution in [1.29, 1.82) is 0 Å². The van der Waals surface area contributed by atoms with Crippen LogP contribution in [0.3, 0.4) is 0 Å². The van der Waals surface area contributed by atoms with Crippen LogP contribution in [0, 0.1) is 11.7 Å². The number of aliphatic hydroxyl groups is 1. The Labute approximate surface area is 104 Å². The predicted octanol–water partition coefficient (Wildman–Crippen LogP) is 1.95. The van der Waals surface area contributed by atoms with Gasteiger partial charge in [-0.05, 0) is 24.6 Å². The topological polar surface area (TPSA) is 54.4 Å². The second-order valence-electron chi connectivity index (χ2n) is 4.27. The number of rotatable bonds is 2. The summed E-state index contributed by atoms with van der Waals surface area (Å²) in [6.07, 6.45) is -0.647. The molecule has 1 aliphatic rings. The Morgan fingerprint density at radius 2 is 2.18 bits per heavy atom. The van der Waals surface area contributed by atoms with Gasteiger partial charge in [0, 0.05) is 16.5 Å². The van der Waals surface area contributed by atoms with Gasteiger partial charge in [0.2, 0.25) is 0 Å². The first-order valence-electron chi connectivity index (χ1n) is 5.22. The van der Waals surface area contributed by atoms with Crippen molar-refractivity contribution in [2.45, 2.75) is 12.5 Å². The highest BCUT2D eigenvalue weighted by Crippen LogP contribution is 2.34. The molecule has 3 nitrogen and oxygen atoms in total. The van der Waals surface area contributed by atoms with E-state index in [9.17, 15) is 17.9 Å². The lowest BCUT2D eigenvalue weighted by Crippen LogP contribution is -2.14. The SMILES string of the molecule is O=S1(=O)CCC(C(O)c2cc(F)ccc2Cl)C1. The molecule has 0 saturated carbocycles. The first kappa shape index (κ1) is 12.8. The number of sulfone groups is 1. The van der Waals surface area contributed by atoms with Gasteiger partial charge in [-0.15, -0.1) is 0 Å². The minimum Gasteiger partial charge on any atom is -0.388 e. The molecule has 1 aromatic rings. The highest BCUT2D eigenvalue weighted by Gasteiger charge is 2.34. The highest BCUT2D eigenvalue weighted by molar-refractivity contribution is 7.91. The molecule has 6 heteroatoms. The Morgan fingerprint density at radius 3 is 2.76 bits per heavy atom. The van der Waals surface area contributed by atoms with Crippen molar-refractivity contribution >= 4 is 21.4 Å². The average Bonchev–Trinajstić information content (AvgIpc) is 2.61. The molecule has 1 N–H and O–H groups in total. The van der Waals surface area contributed by atoms with Crippen molar-refractivity contribution in [3.8, 4) is 0 Å². The molecule has 1 saturated heterocycles. The zero-order valence-corrected chi connectivity index (χ0v) is 10.5. The summed E-state index contributed by atoms with van der Waals surface area (Å²) in [5.41, 5.74) is 0.258. The second kappa shape index (κ2) is 4.55. The van der Waals surface area contributed by atoms with Gasteiger partial charge in [0.25, 0.3) is 0 Å². The van der Waals surface area contributed by atoms with Crippen LogP contribution in [0.15, 0.2) is 18.2 Å². The standard InChI is InChI=1S/C11H12ClFO3S/c12-10-2-1-8(13)5-9(10)11(14)7-3-4-17(15,16)6-7/h1-2,5,7,11,14H,3-4,6H2. The molecular weight excluding hydrogens is 267 g/mol. The molecule has 0 aliphatic carbocycles. The van der Waals surface area contributed by atoms with E-state index in [0.29, 0.717) is 6.42 Å². The number of halogens is 2. The molecule has 2 atom stereocenters. The van der Waals surface area contributed by atoms with Gasteiger partial charge in [0.05, 0.1) is 17.6 Å². The van der Waals surface area contributed by atoms with E-state index in [1.165, 1.54) is 12.1 Å². The molecule has 1 aliphatic heterocycles. The Morgan fingerprint density at radius 1 is 1.47 bits per heavy atom. The summed E-state index contributed by atoms with van der Waals surface area (Å²) in [6, 6.07) is 3.71. The van der Waals surface area contributed by atoms with Crippen LogP contribution < -0.4 is 0 Å². The minimum atomic E-state index is -3.07. The maximum absolute atomic E-state index is 13.1. The van der Waals surface area contributed by atoms with Gasteiger partial charge in [-0.1, -0.05) is 11.6 Å². The predicted molar refractivity (Wildman–Crippen MR) is 63.1 cm³/mol. The quantitative estimate of drug-likeness (QED) is 0.900. The van der Waals surface area contributed by atoms with Gasteiger partial charge in [0.15, 0.2) is 9.84 Å². The van der Waals surface area contributed by atoms with Crippen LogP contribution in [0.2, 0.25) is 5.02 Å². The third kappa shape index (κ3) is 2.78. The summed E-state index contributed by atoms with van der Waals surface area (Å²) in [6.45, 7) is 0. The molecule has 17 heavy (non-hydrogen) atoms. The first-order valence-corrected chi connectivity index (χ1v) is 7.42. The number of hydrogen-bond acceptors (Lipinski definition) is 3. The van der Waals surface area contributed by atoms with E-state index in [1.807, 2.05) is 0 Å². The van der Waals surface area contributed by atoms with E-state index in [2.05, 4.69) is 0 Å². The van der Waals surface area contributed by atoms with Crippen molar-refractivity contribution in [3.05, 3.63) is 34.6 Å². The maximum Gasteiger partial charge on any atom is 0.150 e. The fourth-order valence-electron chi connectivity index (χ4n) is 2.07. The van der Waals surface area contributed by atoms with E-state index in [-0.39, 0.29) is 22.1 Å². The van der Waals surface area contributed by atoms with Crippen LogP contribution in [0.25, 0.3) is 0 Å². The fourth-order valence-corrected chi connectivity index (χ4v) is 4.13. The minimum absolute atomic E-state index is 0.0684. The van der Waals surface area contributed by atoms with Crippen LogP contribution in [0.5, 0.6) is 0 Å². The normalized spacial score (nSPS) is 24.8. The Kier molecular flexibility index (Phi) is 3.43. The van der Waals surface area contributed by atoms with Crippen molar-refractivity contribution in [1.82, 2.24) is 0 Å². The Bertz CT molecular complexity index is 530. The molecule has 1 fully saturated rings. The first-order chi connectivity index (χ1) is 7.89. The Hall–Kier alpha value is -0.650. The molecule has 0 spiro atoms. The zero-order chi connectivity index (χ0) is 12.6. The van der Waals surface area contributed by atoms with Gasteiger partial charge >= 0.3 is 0 Å². The van der Waals surface area contributed by atoms with Crippen LogP contribution in [-0.4, -0.2) is 25.0 Å². The largest absolute Gasteiger partial charge is 0.388 e. The van der Waals surface area contributed by atoms with Crippen LogP contribution >= 0.6 is 11.6 Å². The van der Waals surface area contributed by atoms with Gasteiger partial charge in [-0.3, -0.25) is 0 Å². The lowest BCUT2D eigenvalue weighted by molar-refractivity contribution is 0.121.